The summed E-state index contributed by atoms with van der Waals surface area (Å²) in [7, 11) is 0. The van der Waals surface area contributed by atoms with E-state index >= 15 is 0 Å². The average Bonchev–Trinajstić information content (AvgIpc) is 3.06. The van der Waals surface area contributed by atoms with Crippen LogP contribution < -0.4 is 0 Å². The minimum absolute atomic E-state index is 0.221. The SMILES string of the molecule is CC(c1ccccc1)N1C(c2cnn3ccncc23)=NC=C[C@@H]1[AsH2]. The Morgan fingerprint density at radius 1 is 1.17 bits per heavy atom. The molecule has 0 saturated heterocycles. The normalized spacial score (nSPS) is 18.7. The second-order valence-electron chi connectivity index (χ2n) is 5.74. The maximum absolute atomic E-state index is 4.69. The van der Waals surface area contributed by atoms with Gasteiger partial charge in [-0.05, 0) is 0 Å². The first-order chi connectivity index (χ1) is 11.8. The second kappa shape index (κ2) is 6.25. The van der Waals surface area contributed by atoms with E-state index in [0.29, 0.717) is 4.83 Å². The molecule has 0 spiro atoms. The molecule has 0 bridgehead atoms. The van der Waals surface area contributed by atoms with Crippen LogP contribution in [-0.2, 0) is 0 Å². The zero-order chi connectivity index (χ0) is 16.5. The molecular formula is C18H18AsN5. The Bertz CT molecular complexity index is 915. The second-order valence-corrected chi connectivity index (χ2v) is 7.18. The van der Waals surface area contributed by atoms with Crippen molar-refractivity contribution in [3.8, 4) is 0 Å². The topological polar surface area (TPSA) is 45.8 Å². The van der Waals surface area contributed by atoms with E-state index < -0.39 is 0 Å². The Morgan fingerprint density at radius 2 is 2.00 bits per heavy atom. The molecule has 1 aliphatic rings. The van der Waals surface area contributed by atoms with Gasteiger partial charge >= 0.3 is 149 Å². The molecule has 6 heteroatoms. The molecule has 1 aromatic carbocycles. The third-order valence-electron chi connectivity index (χ3n) is 4.31. The van der Waals surface area contributed by atoms with Crippen LogP contribution in [0, 0.1) is 0 Å². The Labute approximate surface area is 149 Å². The van der Waals surface area contributed by atoms with Crippen LogP contribution in [0.5, 0.6) is 0 Å². The summed E-state index contributed by atoms with van der Waals surface area (Å²) in [6.45, 7) is 2.22. The van der Waals surface area contributed by atoms with Crippen LogP contribution in [0.25, 0.3) is 5.52 Å². The van der Waals surface area contributed by atoms with Crippen LogP contribution in [0.3, 0.4) is 0 Å². The van der Waals surface area contributed by atoms with Crippen molar-refractivity contribution < 1.29 is 0 Å². The number of fused-ring (bicyclic) bond motifs is 1. The van der Waals surface area contributed by atoms with Gasteiger partial charge in [0.1, 0.15) is 0 Å². The van der Waals surface area contributed by atoms with Gasteiger partial charge in [0.25, 0.3) is 0 Å². The van der Waals surface area contributed by atoms with Crippen LogP contribution in [0.1, 0.15) is 24.1 Å². The van der Waals surface area contributed by atoms with Gasteiger partial charge in [0.2, 0.25) is 0 Å². The molecule has 0 saturated carbocycles. The van der Waals surface area contributed by atoms with E-state index in [4.69, 9.17) is 4.99 Å². The molecule has 3 atom stereocenters. The summed E-state index contributed by atoms with van der Waals surface area (Å²) in [4.78, 5) is 11.6. The zero-order valence-electron chi connectivity index (χ0n) is 13.3. The number of rotatable bonds is 3. The molecule has 1 aliphatic heterocycles. The van der Waals surface area contributed by atoms with E-state index in [2.05, 4.69) is 52.2 Å². The van der Waals surface area contributed by atoms with Gasteiger partial charge in [-0.25, -0.2) is 0 Å². The third kappa shape index (κ3) is 2.55. The van der Waals surface area contributed by atoms with Crippen molar-refractivity contribution >= 4 is 28.2 Å². The van der Waals surface area contributed by atoms with E-state index in [-0.39, 0.29) is 6.04 Å². The van der Waals surface area contributed by atoms with Crippen molar-refractivity contribution in [2.24, 2.45) is 4.99 Å². The van der Waals surface area contributed by atoms with Crippen molar-refractivity contribution in [3.63, 3.8) is 0 Å². The molecule has 5 nitrogen and oxygen atoms in total. The number of hydrogen-bond donors (Lipinski definition) is 0. The van der Waals surface area contributed by atoms with E-state index in [1.807, 2.05) is 35.4 Å². The summed E-state index contributed by atoms with van der Waals surface area (Å²) in [5, 5.41) is 4.44. The first-order valence-electron chi connectivity index (χ1n) is 7.87. The number of nitrogens with zero attached hydrogens (tertiary/aromatic N) is 5. The molecule has 4 rings (SSSR count). The first-order valence-corrected chi connectivity index (χ1v) is 9.26. The molecular weight excluding hydrogens is 361 g/mol. The molecule has 2 unspecified atom stereocenters. The van der Waals surface area contributed by atoms with E-state index in [1.54, 1.807) is 23.0 Å². The molecule has 0 aliphatic carbocycles. The summed E-state index contributed by atoms with van der Waals surface area (Å²) in [6.07, 6.45) is 11.4. The summed E-state index contributed by atoms with van der Waals surface area (Å²) < 4.78 is 1.84. The fourth-order valence-electron chi connectivity index (χ4n) is 3.05. The van der Waals surface area contributed by atoms with Crippen LogP contribution in [0.4, 0.5) is 0 Å². The van der Waals surface area contributed by atoms with Gasteiger partial charge in [-0.3, -0.25) is 0 Å². The van der Waals surface area contributed by atoms with E-state index in [0.717, 1.165) is 16.9 Å². The van der Waals surface area contributed by atoms with Crippen molar-refractivity contribution in [2.75, 3.05) is 0 Å². The van der Waals surface area contributed by atoms with Crippen molar-refractivity contribution in [1.29, 1.82) is 0 Å². The monoisotopic (exact) mass is 379 g/mol. The molecule has 24 heavy (non-hydrogen) atoms. The maximum atomic E-state index is 4.69. The molecule has 2 aromatic heterocycles. The molecule has 3 heterocycles. The van der Waals surface area contributed by atoms with Gasteiger partial charge in [0.05, 0.1) is 0 Å². The standard InChI is InChI=1S/C18H18AsN5/c1-13(14-5-3-2-4-6-14)24-17(19)7-8-21-18(24)15-11-22-23-10-9-20-12-16(15)23/h2-13,17H,19H2,1H3/t13?,17-/m1/s1. The molecule has 0 amide bonds. The van der Waals surface area contributed by atoms with E-state index in [9.17, 15) is 0 Å². The van der Waals surface area contributed by atoms with Crippen molar-refractivity contribution in [1.82, 2.24) is 19.5 Å². The fourth-order valence-corrected chi connectivity index (χ4v) is 4.10. The van der Waals surface area contributed by atoms with Crippen LogP contribution >= 0.6 is 0 Å². The number of benzene rings is 1. The Morgan fingerprint density at radius 3 is 2.83 bits per heavy atom. The van der Waals surface area contributed by atoms with Gasteiger partial charge in [0.15, 0.2) is 0 Å². The van der Waals surface area contributed by atoms with Crippen molar-refractivity contribution in [3.05, 3.63) is 78.5 Å². The minimum atomic E-state index is 0.221. The number of amidine groups is 1. The van der Waals surface area contributed by atoms with Crippen molar-refractivity contribution in [2.45, 2.75) is 17.8 Å². The van der Waals surface area contributed by atoms with Crippen LogP contribution in [0.15, 0.2) is 72.4 Å². The summed E-state index contributed by atoms with van der Waals surface area (Å²) in [6, 6.07) is 10.8. The molecule has 3 aromatic rings. The fraction of sp³-hybridized carbons (Fsp3) is 0.167. The summed E-state index contributed by atoms with van der Waals surface area (Å²) in [5.41, 5.74) is 3.26. The molecule has 120 valence electrons. The Hall–Kier alpha value is -2.39. The molecule has 0 fully saturated rings. The predicted molar refractivity (Wildman–Crippen MR) is 97.7 cm³/mol. The van der Waals surface area contributed by atoms with Gasteiger partial charge in [-0.2, -0.15) is 0 Å². The van der Waals surface area contributed by atoms with E-state index in [1.165, 1.54) is 5.56 Å². The predicted octanol–water partition coefficient (Wildman–Crippen LogP) is 2.03. The first kappa shape index (κ1) is 15.2. The summed E-state index contributed by atoms with van der Waals surface area (Å²) >= 11 is 1.67. The van der Waals surface area contributed by atoms with Crippen LogP contribution in [-0.4, -0.2) is 47.0 Å². The van der Waals surface area contributed by atoms with Crippen LogP contribution in [0.2, 0.25) is 0 Å². The average molecular weight is 379 g/mol. The quantitative estimate of drug-likeness (QED) is 0.655. The Kier molecular flexibility index (Phi) is 3.95. The third-order valence-corrected chi connectivity index (χ3v) is 5.45. The van der Waals surface area contributed by atoms with Gasteiger partial charge in [-0.1, -0.05) is 0 Å². The number of aliphatic imine (C=N–C) groups is 1. The van der Waals surface area contributed by atoms with Gasteiger partial charge in [0, 0.05) is 0 Å². The number of hydrogen-bond acceptors (Lipinski definition) is 4. The summed E-state index contributed by atoms with van der Waals surface area (Å²) in [5.74, 6) is 0.950. The van der Waals surface area contributed by atoms with Gasteiger partial charge < -0.3 is 0 Å². The molecule has 0 radical (unpaired) electrons. The Balaban J connectivity index is 1.80. The molecule has 0 N–H and O–H groups in total. The number of aromatic nitrogens is 3. The zero-order valence-corrected chi connectivity index (χ0v) is 15.7. The van der Waals surface area contributed by atoms with Gasteiger partial charge in [-0.15, -0.1) is 0 Å².